The molecule has 1 aromatic heterocycles. The number of nitriles is 1. The van der Waals surface area contributed by atoms with E-state index in [9.17, 15) is 9.65 Å². The summed E-state index contributed by atoms with van der Waals surface area (Å²) in [4.78, 5) is 14.3. The highest BCUT2D eigenvalue weighted by molar-refractivity contribution is 5.64. The number of rotatable bonds is 5. The predicted molar refractivity (Wildman–Crippen MR) is 151 cm³/mol. The topological polar surface area (TPSA) is 110 Å². The number of anilines is 2. The van der Waals surface area contributed by atoms with Gasteiger partial charge in [-0.25, -0.2) is 4.39 Å². The van der Waals surface area contributed by atoms with Crippen molar-refractivity contribution >= 4 is 11.5 Å². The molecule has 3 fully saturated rings. The highest BCUT2D eigenvalue weighted by Gasteiger charge is 2.50. The van der Waals surface area contributed by atoms with E-state index in [2.05, 4.69) is 28.9 Å². The van der Waals surface area contributed by atoms with E-state index < -0.39 is 11.8 Å². The molecule has 218 valence electrons. The third-order valence-corrected chi connectivity index (χ3v) is 10.2. The molecule has 5 aliphatic rings. The number of alkyl halides is 1. The number of benzene rings is 1. The van der Waals surface area contributed by atoms with Crippen LogP contribution in [-0.4, -0.2) is 66.2 Å². The molecule has 0 radical (unpaired) electrons. The summed E-state index contributed by atoms with van der Waals surface area (Å²) in [7, 11) is 0. The summed E-state index contributed by atoms with van der Waals surface area (Å²) in [6, 6.07) is 6.65. The van der Waals surface area contributed by atoms with Crippen LogP contribution >= 0.6 is 0 Å². The summed E-state index contributed by atoms with van der Waals surface area (Å²) in [6.45, 7) is 6.29. The van der Waals surface area contributed by atoms with Crippen LogP contribution in [0.3, 0.4) is 0 Å². The predicted octanol–water partition coefficient (Wildman–Crippen LogP) is 4.33. The molecular weight excluding hydrogens is 523 g/mol. The zero-order valence-electron chi connectivity index (χ0n) is 23.8. The molecule has 7 rings (SSSR count). The number of nitrogens with two attached hydrogens (primary N) is 1. The Bertz CT molecular complexity index is 1380. The van der Waals surface area contributed by atoms with Gasteiger partial charge in [0.25, 0.3) is 0 Å². The van der Waals surface area contributed by atoms with Crippen molar-refractivity contribution in [3.05, 3.63) is 40.1 Å². The van der Waals surface area contributed by atoms with Crippen molar-refractivity contribution in [2.75, 3.05) is 50.2 Å². The van der Waals surface area contributed by atoms with Gasteiger partial charge in [0.15, 0.2) is 0 Å². The largest absolute Gasteiger partial charge is 0.461 e. The van der Waals surface area contributed by atoms with E-state index in [1.807, 2.05) is 6.07 Å². The lowest BCUT2D eigenvalue weighted by molar-refractivity contribution is -0.0879. The third kappa shape index (κ3) is 4.44. The number of halogens is 1. The van der Waals surface area contributed by atoms with E-state index in [4.69, 9.17) is 29.9 Å². The lowest BCUT2D eigenvalue weighted by Gasteiger charge is -2.45. The van der Waals surface area contributed by atoms with Gasteiger partial charge in [0.2, 0.25) is 0 Å². The van der Waals surface area contributed by atoms with Gasteiger partial charge in [0, 0.05) is 42.7 Å². The number of fused-ring (bicyclic) bond motifs is 4. The van der Waals surface area contributed by atoms with Crippen LogP contribution in [0, 0.1) is 11.3 Å². The van der Waals surface area contributed by atoms with Crippen molar-refractivity contribution in [3.63, 3.8) is 0 Å². The Labute approximate surface area is 240 Å². The molecule has 2 N–H and O–H groups in total. The van der Waals surface area contributed by atoms with Crippen LogP contribution in [0.5, 0.6) is 6.01 Å². The number of hydrogen-bond acceptors (Lipinski definition) is 9. The lowest BCUT2D eigenvalue weighted by atomic mass is 9.68. The minimum atomic E-state index is -0.818. The summed E-state index contributed by atoms with van der Waals surface area (Å²) >= 11 is 0. The van der Waals surface area contributed by atoms with Gasteiger partial charge < -0.3 is 24.8 Å². The molecule has 3 saturated heterocycles. The van der Waals surface area contributed by atoms with Gasteiger partial charge >= 0.3 is 6.01 Å². The molecule has 5 heterocycles. The van der Waals surface area contributed by atoms with E-state index in [1.54, 1.807) is 0 Å². The second-order valence-corrected chi connectivity index (χ2v) is 12.5. The van der Waals surface area contributed by atoms with Gasteiger partial charge in [-0.05, 0) is 62.6 Å². The van der Waals surface area contributed by atoms with Crippen LogP contribution < -0.4 is 15.4 Å². The molecule has 41 heavy (non-hydrogen) atoms. The smallest absolute Gasteiger partial charge is 0.318 e. The minimum Gasteiger partial charge on any atom is -0.461 e. The normalized spacial score (nSPS) is 31.0. The standard InChI is InChI=1S/C31H39FN6O3/c1-2-20-7-9-31(27-22(20)5-6-25(34)23(27)15-33)14-26-24(17-41-31)28(37-10-4-12-39-19-37)36-29(35-26)40-18-30-8-3-11-38(30)16-21(32)13-30/h5-6,20-21H,2-4,7-14,16-19,34H2,1H3/t20-,21+,30-,31-/m0/s1. The molecule has 9 nitrogen and oxygen atoms in total. The molecule has 1 spiro atoms. The first-order valence-electron chi connectivity index (χ1n) is 15.2. The number of nitrogens with zero attached hydrogens (tertiary/aromatic N) is 5. The first kappa shape index (κ1) is 26.9. The van der Waals surface area contributed by atoms with Crippen molar-refractivity contribution in [2.24, 2.45) is 0 Å². The molecule has 0 bridgehead atoms. The number of nitrogen functional groups attached to an aromatic ring is 1. The fourth-order valence-corrected chi connectivity index (χ4v) is 8.08. The highest BCUT2D eigenvalue weighted by atomic mass is 19.1. The van der Waals surface area contributed by atoms with Gasteiger partial charge in [-0.15, -0.1) is 0 Å². The SMILES string of the molecule is CC[C@H]1CC[C@]2(Cc3nc(OC[C@@]45CCCN4C[C@H](F)C5)nc(N4CCCOC4)c3CO2)c2c1ccc(N)c2C#N. The Hall–Kier alpha value is -3.00. The Morgan fingerprint density at radius 1 is 1.24 bits per heavy atom. The van der Waals surface area contributed by atoms with E-state index in [1.165, 1.54) is 0 Å². The Morgan fingerprint density at radius 2 is 2.15 bits per heavy atom. The van der Waals surface area contributed by atoms with E-state index in [-0.39, 0.29) is 5.54 Å². The highest BCUT2D eigenvalue weighted by Crippen LogP contribution is 2.52. The van der Waals surface area contributed by atoms with Crippen molar-refractivity contribution in [3.8, 4) is 12.1 Å². The van der Waals surface area contributed by atoms with E-state index in [0.717, 1.165) is 86.4 Å². The molecule has 4 atom stereocenters. The van der Waals surface area contributed by atoms with Crippen molar-refractivity contribution in [1.82, 2.24) is 14.9 Å². The second-order valence-electron chi connectivity index (χ2n) is 12.5. The van der Waals surface area contributed by atoms with Gasteiger partial charge in [-0.2, -0.15) is 15.2 Å². The van der Waals surface area contributed by atoms with Crippen molar-refractivity contribution in [1.29, 1.82) is 5.26 Å². The van der Waals surface area contributed by atoms with Crippen molar-refractivity contribution in [2.45, 2.75) is 88.1 Å². The average molecular weight is 563 g/mol. The van der Waals surface area contributed by atoms with Crippen molar-refractivity contribution < 1.29 is 18.6 Å². The zero-order chi connectivity index (χ0) is 28.2. The third-order valence-electron chi connectivity index (χ3n) is 10.2. The van der Waals surface area contributed by atoms with Gasteiger partial charge in [0.05, 0.1) is 30.0 Å². The summed E-state index contributed by atoms with van der Waals surface area (Å²) in [5.74, 6) is 1.14. The van der Waals surface area contributed by atoms with Crippen LogP contribution in [0.1, 0.15) is 85.7 Å². The Kier molecular flexibility index (Phi) is 6.80. The fraction of sp³-hybridized carbons (Fsp3) is 0.645. The maximum Gasteiger partial charge on any atom is 0.318 e. The van der Waals surface area contributed by atoms with E-state index >= 15 is 0 Å². The van der Waals surface area contributed by atoms with Gasteiger partial charge in [-0.1, -0.05) is 13.0 Å². The monoisotopic (exact) mass is 562 g/mol. The summed E-state index contributed by atoms with van der Waals surface area (Å²) in [5, 5.41) is 10.2. The Balaban J connectivity index is 1.27. The minimum absolute atomic E-state index is 0.284. The summed E-state index contributed by atoms with van der Waals surface area (Å²) < 4.78 is 33.4. The maximum atomic E-state index is 14.4. The summed E-state index contributed by atoms with van der Waals surface area (Å²) in [6.07, 6.45) is 5.82. The van der Waals surface area contributed by atoms with Crippen LogP contribution in [0.15, 0.2) is 12.1 Å². The molecule has 1 aliphatic carbocycles. The van der Waals surface area contributed by atoms with Crippen LogP contribution in [-0.2, 0) is 28.1 Å². The molecule has 1 aromatic carbocycles. The fourth-order valence-electron chi connectivity index (χ4n) is 8.08. The summed E-state index contributed by atoms with van der Waals surface area (Å²) in [5.41, 5.74) is 10.3. The first-order valence-corrected chi connectivity index (χ1v) is 15.2. The van der Waals surface area contributed by atoms with Crippen LogP contribution in [0.25, 0.3) is 0 Å². The number of aromatic nitrogens is 2. The lowest BCUT2D eigenvalue weighted by Crippen LogP contribution is -2.44. The number of ether oxygens (including phenoxy) is 3. The molecule has 0 unspecified atom stereocenters. The number of hydrogen-bond donors (Lipinski definition) is 1. The molecular formula is C31H39FN6O3. The zero-order valence-corrected chi connectivity index (χ0v) is 23.8. The average Bonchev–Trinajstić information content (AvgIpc) is 3.52. The first-order chi connectivity index (χ1) is 19.9. The van der Waals surface area contributed by atoms with Crippen LogP contribution in [0.4, 0.5) is 15.9 Å². The van der Waals surface area contributed by atoms with Gasteiger partial charge in [0.1, 0.15) is 37.0 Å². The molecule has 10 heteroatoms. The Morgan fingerprint density at radius 3 is 2.95 bits per heavy atom. The second kappa shape index (κ2) is 10.4. The molecule has 0 saturated carbocycles. The van der Waals surface area contributed by atoms with E-state index in [0.29, 0.717) is 62.5 Å². The molecule has 2 aromatic rings. The maximum absolute atomic E-state index is 14.4. The molecule has 0 amide bonds. The molecule has 4 aliphatic heterocycles. The quantitative estimate of drug-likeness (QED) is 0.533. The van der Waals surface area contributed by atoms with Gasteiger partial charge in [-0.3, -0.25) is 4.90 Å². The van der Waals surface area contributed by atoms with Crippen LogP contribution in [0.2, 0.25) is 0 Å².